The summed E-state index contributed by atoms with van der Waals surface area (Å²) in [6.45, 7) is 4.02. The molecule has 0 bridgehead atoms. The Labute approximate surface area is 199 Å². The summed E-state index contributed by atoms with van der Waals surface area (Å²) in [6.07, 6.45) is 1.52. The number of carbonyl (C=O) groups is 1. The van der Waals surface area contributed by atoms with E-state index < -0.39 is 0 Å². The average Bonchev–Trinajstić information content (AvgIpc) is 2.77. The molecule has 3 aromatic rings. The van der Waals surface area contributed by atoms with Crippen molar-refractivity contribution in [3.05, 3.63) is 81.1 Å². The summed E-state index contributed by atoms with van der Waals surface area (Å²) in [6, 6.07) is 16.8. The van der Waals surface area contributed by atoms with Crippen LogP contribution in [0.25, 0.3) is 0 Å². The van der Waals surface area contributed by atoms with E-state index in [1.54, 1.807) is 12.1 Å². The van der Waals surface area contributed by atoms with E-state index in [-0.39, 0.29) is 18.3 Å². The van der Waals surface area contributed by atoms with Gasteiger partial charge in [0.05, 0.1) is 23.6 Å². The van der Waals surface area contributed by atoms with Crippen molar-refractivity contribution in [1.82, 2.24) is 15.4 Å². The Morgan fingerprint density at radius 3 is 2.72 bits per heavy atom. The van der Waals surface area contributed by atoms with Crippen molar-refractivity contribution in [2.24, 2.45) is 5.10 Å². The van der Waals surface area contributed by atoms with Crippen LogP contribution in [0, 0.1) is 25.2 Å². The number of aryl methyl sites for hydroxylation is 2. The van der Waals surface area contributed by atoms with E-state index in [9.17, 15) is 10.1 Å². The second-order valence-corrected chi connectivity index (χ2v) is 8.61. The Morgan fingerprint density at radius 2 is 1.97 bits per heavy atom. The number of amides is 1. The predicted molar refractivity (Wildman–Crippen MR) is 128 cm³/mol. The number of ether oxygens (including phenoxy) is 1. The number of benzene rings is 2. The second kappa shape index (κ2) is 11.4. The van der Waals surface area contributed by atoms with Crippen molar-refractivity contribution in [2.75, 3.05) is 5.75 Å². The number of nitrogens with one attached hydrogen (secondary N) is 1. The van der Waals surface area contributed by atoms with Gasteiger partial charge >= 0.3 is 0 Å². The fourth-order valence-electron chi connectivity index (χ4n) is 2.76. The lowest BCUT2D eigenvalue weighted by atomic mass is 10.1. The lowest BCUT2D eigenvalue weighted by Gasteiger charge is -2.10. The van der Waals surface area contributed by atoms with Gasteiger partial charge in [0.1, 0.15) is 12.4 Å². The normalized spacial score (nSPS) is 10.7. The summed E-state index contributed by atoms with van der Waals surface area (Å²) in [5.74, 6) is 0.457. The van der Waals surface area contributed by atoms with Gasteiger partial charge in [0.15, 0.2) is 5.16 Å². The van der Waals surface area contributed by atoms with Crippen molar-refractivity contribution in [1.29, 1.82) is 5.26 Å². The van der Waals surface area contributed by atoms with Crippen LogP contribution in [0.3, 0.4) is 0 Å². The number of rotatable bonds is 8. The molecule has 7 nitrogen and oxygen atoms in total. The third-order valence-corrected chi connectivity index (χ3v) is 5.52. The highest BCUT2D eigenvalue weighted by atomic mass is 79.9. The highest BCUT2D eigenvalue weighted by Gasteiger charge is 2.08. The predicted octanol–water partition coefficient (Wildman–Crippen LogP) is 4.55. The van der Waals surface area contributed by atoms with Gasteiger partial charge in [-0.05, 0) is 44.2 Å². The molecule has 0 aliphatic rings. The van der Waals surface area contributed by atoms with Crippen molar-refractivity contribution in [3.8, 4) is 11.8 Å². The van der Waals surface area contributed by atoms with Crippen molar-refractivity contribution < 1.29 is 9.53 Å². The van der Waals surface area contributed by atoms with E-state index in [2.05, 4.69) is 42.5 Å². The molecule has 0 aliphatic heterocycles. The van der Waals surface area contributed by atoms with Gasteiger partial charge in [0.2, 0.25) is 0 Å². The summed E-state index contributed by atoms with van der Waals surface area (Å²) >= 11 is 4.68. The molecule has 0 unspecified atom stereocenters. The van der Waals surface area contributed by atoms with Crippen LogP contribution in [-0.2, 0) is 11.4 Å². The molecule has 0 atom stereocenters. The Kier molecular flexibility index (Phi) is 8.36. The molecule has 3 rings (SSSR count). The van der Waals surface area contributed by atoms with Crippen molar-refractivity contribution in [2.45, 2.75) is 25.6 Å². The quantitative estimate of drug-likeness (QED) is 0.207. The third-order valence-electron chi connectivity index (χ3n) is 4.18. The van der Waals surface area contributed by atoms with Crippen LogP contribution in [0.15, 0.2) is 63.3 Å². The largest absolute Gasteiger partial charge is 0.488 e. The molecule has 162 valence electrons. The van der Waals surface area contributed by atoms with Gasteiger partial charge in [-0.1, -0.05) is 45.9 Å². The van der Waals surface area contributed by atoms with Crippen LogP contribution in [0.4, 0.5) is 0 Å². The van der Waals surface area contributed by atoms with E-state index >= 15 is 0 Å². The molecular weight excluding hydrogens is 490 g/mol. The minimum absolute atomic E-state index is 0.146. The first-order valence-corrected chi connectivity index (χ1v) is 11.4. The van der Waals surface area contributed by atoms with Gasteiger partial charge in [0, 0.05) is 27.0 Å². The summed E-state index contributed by atoms with van der Waals surface area (Å²) in [7, 11) is 0. The first-order valence-electron chi connectivity index (χ1n) is 9.62. The molecule has 0 saturated carbocycles. The minimum atomic E-state index is -0.269. The highest BCUT2D eigenvalue weighted by molar-refractivity contribution is 9.10. The number of hydrazone groups is 1. The molecule has 0 aliphatic carbocycles. The minimum Gasteiger partial charge on any atom is -0.488 e. The number of thioether (sulfide) groups is 1. The smallest absolute Gasteiger partial charge is 0.250 e. The number of nitriles is 1. The van der Waals surface area contributed by atoms with Crippen LogP contribution in [-0.4, -0.2) is 27.8 Å². The third kappa shape index (κ3) is 6.90. The molecule has 1 amide bonds. The van der Waals surface area contributed by atoms with Gasteiger partial charge in [-0.25, -0.2) is 15.4 Å². The topological polar surface area (TPSA) is 100 Å². The monoisotopic (exact) mass is 509 g/mol. The molecule has 0 saturated heterocycles. The maximum atomic E-state index is 12.1. The van der Waals surface area contributed by atoms with Crippen molar-refractivity contribution >= 4 is 39.8 Å². The Hall–Kier alpha value is -3.22. The Balaban J connectivity index is 1.60. The fourth-order valence-corrected chi connectivity index (χ4v) is 3.88. The first kappa shape index (κ1) is 23.4. The zero-order chi connectivity index (χ0) is 22.9. The van der Waals surface area contributed by atoms with Gasteiger partial charge in [-0.2, -0.15) is 10.4 Å². The van der Waals surface area contributed by atoms with Gasteiger partial charge in [0.25, 0.3) is 5.91 Å². The van der Waals surface area contributed by atoms with Gasteiger partial charge in [-0.3, -0.25) is 4.79 Å². The van der Waals surface area contributed by atoms with E-state index in [0.29, 0.717) is 22.0 Å². The maximum Gasteiger partial charge on any atom is 0.250 e. The van der Waals surface area contributed by atoms with Crippen LogP contribution >= 0.6 is 27.7 Å². The molecule has 0 spiro atoms. The molecule has 9 heteroatoms. The number of carbonyl (C=O) groups excluding carboxylic acids is 1. The summed E-state index contributed by atoms with van der Waals surface area (Å²) in [5.41, 5.74) is 6.27. The fraction of sp³-hybridized carbons (Fsp3) is 0.174. The van der Waals surface area contributed by atoms with E-state index in [0.717, 1.165) is 21.4 Å². The van der Waals surface area contributed by atoms with E-state index in [4.69, 9.17) is 4.74 Å². The Bertz CT molecular complexity index is 1170. The zero-order valence-electron chi connectivity index (χ0n) is 17.5. The van der Waals surface area contributed by atoms with Crippen LogP contribution < -0.4 is 10.2 Å². The highest BCUT2D eigenvalue weighted by Crippen LogP contribution is 2.23. The summed E-state index contributed by atoms with van der Waals surface area (Å²) < 4.78 is 6.75. The molecule has 2 aromatic carbocycles. The van der Waals surface area contributed by atoms with Crippen molar-refractivity contribution in [3.63, 3.8) is 0 Å². The molecule has 32 heavy (non-hydrogen) atoms. The molecule has 0 radical (unpaired) electrons. The number of halogens is 1. The molecule has 1 N–H and O–H groups in total. The molecule has 1 aromatic heterocycles. The average molecular weight is 510 g/mol. The maximum absolute atomic E-state index is 12.1. The van der Waals surface area contributed by atoms with E-state index in [1.165, 1.54) is 18.0 Å². The molecule has 0 fully saturated rings. The summed E-state index contributed by atoms with van der Waals surface area (Å²) in [4.78, 5) is 20.7. The number of hydrogen-bond donors (Lipinski definition) is 1. The number of nitrogens with zero attached hydrogens (tertiary/aromatic N) is 4. The van der Waals surface area contributed by atoms with Gasteiger partial charge in [-0.15, -0.1) is 0 Å². The van der Waals surface area contributed by atoms with Crippen LogP contribution in [0.1, 0.15) is 28.1 Å². The SMILES string of the molecule is Cc1cc(C)nc(SCC(=O)N/N=C\c2cc(Br)ccc2OCc2ccccc2C#N)n1. The second-order valence-electron chi connectivity index (χ2n) is 6.75. The first-order chi connectivity index (χ1) is 15.4. The zero-order valence-corrected chi connectivity index (χ0v) is 19.9. The lowest BCUT2D eigenvalue weighted by Crippen LogP contribution is -2.20. The lowest BCUT2D eigenvalue weighted by molar-refractivity contribution is -0.118. The number of hydrogen-bond acceptors (Lipinski definition) is 7. The Morgan fingerprint density at radius 1 is 1.22 bits per heavy atom. The van der Waals surface area contributed by atoms with E-state index in [1.807, 2.05) is 50.2 Å². The van der Waals surface area contributed by atoms with Gasteiger partial charge < -0.3 is 4.74 Å². The van der Waals surface area contributed by atoms with Crippen LogP contribution in [0.2, 0.25) is 0 Å². The summed E-state index contributed by atoms with van der Waals surface area (Å²) in [5, 5.41) is 13.8. The number of aromatic nitrogens is 2. The van der Waals surface area contributed by atoms with Crippen LogP contribution in [0.5, 0.6) is 5.75 Å². The standard InChI is InChI=1S/C23H20BrN5O2S/c1-15-9-16(2)28-23(27-15)32-14-22(30)29-26-12-19-10-20(24)7-8-21(19)31-13-18-6-4-3-5-17(18)11-25/h3-10,12H,13-14H2,1-2H3,(H,29,30)/b26-12-. The molecule has 1 heterocycles. The molecular formula is C23H20BrN5O2S.